The Morgan fingerprint density at radius 1 is 1.41 bits per heavy atom. The quantitative estimate of drug-likeness (QED) is 0.790. The van der Waals surface area contributed by atoms with Crippen LogP contribution in [0.15, 0.2) is 0 Å². The van der Waals surface area contributed by atoms with Gasteiger partial charge in [-0.15, -0.1) is 0 Å². The molecule has 100 valence electrons. The molecule has 1 amide bonds. The van der Waals surface area contributed by atoms with E-state index in [1.807, 2.05) is 0 Å². The normalized spacial score (nSPS) is 21.6. The fourth-order valence-electron chi connectivity index (χ4n) is 1.64. The standard InChI is InChI=1S/C10H20N2O4S/c1-10(2,3)16-9(13)12-6-5-8(7-12)17(14,15)11-4/h8,11H,5-7H2,1-4H3/t8-/m1/s1. The second-order valence-electron chi connectivity index (χ2n) is 5.09. The summed E-state index contributed by atoms with van der Waals surface area (Å²) < 4.78 is 30.6. The van der Waals surface area contributed by atoms with Gasteiger partial charge in [0.2, 0.25) is 10.0 Å². The lowest BCUT2D eigenvalue weighted by atomic mass is 10.2. The number of likely N-dealkylation sites (tertiary alicyclic amines) is 1. The van der Waals surface area contributed by atoms with Crippen molar-refractivity contribution < 1.29 is 17.9 Å². The Bertz CT molecular complexity index is 386. The van der Waals surface area contributed by atoms with Crippen LogP contribution < -0.4 is 4.72 Å². The Morgan fingerprint density at radius 2 is 2.00 bits per heavy atom. The number of amides is 1. The molecule has 0 unspecified atom stereocenters. The van der Waals surface area contributed by atoms with Crippen LogP contribution in [0.1, 0.15) is 27.2 Å². The monoisotopic (exact) mass is 264 g/mol. The number of carbonyl (C=O) groups excluding carboxylic acids is 1. The maximum atomic E-state index is 11.7. The third kappa shape index (κ3) is 3.85. The number of nitrogens with one attached hydrogen (secondary N) is 1. The molecule has 1 fully saturated rings. The van der Waals surface area contributed by atoms with E-state index < -0.39 is 27.0 Å². The molecular weight excluding hydrogens is 244 g/mol. The zero-order valence-corrected chi connectivity index (χ0v) is 11.5. The van der Waals surface area contributed by atoms with E-state index in [-0.39, 0.29) is 6.54 Å². The highest BCUT2D eigenvalue weighted by atomic mass is 32.2. The van der Waals surface area contributed by atoms with E-state index in [0.29, 0.717) is 13.0 Å². The maximum absolute atomic E-state index is 11.7. The van der Waals surface area contributed by atoms with Gasteiger partial charge >= 0.3 is 6.09 Å². The van der Waals surface area contributed by atoms with Gasteiger partial charge in [-0.25, -0.2) is 17.9 Å². The van der Waals surface area contributed by atoms with Gasteiger partial charge in [0.05, 0.1) is 5.25 Å². The Balaban J connectivity index is 2.60. The fourth-order valence-corrected chi connectivity index (χ4v) is 2.77. The molecule has 0 bridgehead atoms. The molecule has 0 aliphatic carbocycles. The Kier molecular flexibility index (Phi) is 4.03. The highest BCUT2D eigenvalue weighted by molar-refractivity contribution is 7.90. The van der Waals surface area contributed by atoms with Gasteiger partial charge in [-0.3, -0.25) is 0 Å². The zero-order valence-electron chi connectivity index (χ0n) is 10.7. The maximum Gasteiger partial charge on any atom is 0.410 e. The minimum absolute atomic E-state index is 0.193. The number of rotatable bonds is 2. The van der Waals surface area contributed by atoms with E-state index in [1.54, 1.807) is 20.8 Å². The summed E-state index contributed by atoms with van der Waals surface area (Å²) in [6.45, 7) is 5.95. The first kappa shape index (κ1) is 14.2. The average molecular weight is 264 g/mol. The van der Waals surface area contributed by atoms with Crippen LogP contribution in [0.4, 0.5) is 4.79 Å². The van der Waals surface area contributed by atoms with Gasteiger partial charge in [-0.1, -0.05) is 0 Å². The Hall–Kier alpha value is -0.820. The summed E-state index contributed by atoms with van der Waals surface area (Å²) in [5.41, 5.74) is -0.558. The smallest absolute Gasteiger partial charge is 0.410 e. The van der Waals surface area contributed by atoms with Crippen LogP contribution in [-0.2, 0) is 14.8 Å². The lowest BCUT2D eigenvalue weighted by Crippen LogP contribution is -2.38. The van der Waals surface area contributed by atoms with Crippen LogP contribution >= 0.6 is 0 Å². The van der Waals surface area contributed by atoms with Crippen LogP contribution in [-0.4, -0.2) is 50.4 Å². The van der Waals surface area contributed by atoms with Crippen molar-refractivity contribution in [2.24, 2.45) is 0 Å². The van der Waals surface area contributed by atoms with Crippen molar-refractivity contribution in [3.63, 3.8) is 0 Å². The molecular formula is C10H20N2O4S. The SMILES string of the molecule is CNS(=O)(=O)[C@@H]1CCN(C(=O)OC(C)(C)C)C1. The first-order valence-electron chi connectivity index (χ1n) is 5.56. The topological polar surface area (TPSA) is 75.7 Å². The zero-order chi connectivity index (χ0) is 13.3. The summed E-state index contributed by atoms with van der Waals surface area (Å²) in [5, 5.41) is -0.542. The summed E-state index contributed by atoms with van der Waals surface area (Å²) >= 11 is 0. The minimum Gasteiger partial charge on any atom is -0.444 e. The molecule has 1 aliphatic rings. The van der Waals surface area contributed by atoms with Gasteiger partial charge in [0.25, 0.3) is 0 Å². The summed E-state index contributed by atoms with van der Waals surface area (Å²) in [7, 11) is -1.93. The molecule has 17 heavy (non-hydrogen) atoms. The van der Waals surface area contributed by atoms with Crippen LogP contribution in [0, 0.1) is 0 Å². The molecule has 1 N–H and O–H groups in total. The van der Waals surface area contributed by atoms with Gasteiger partial charge in [0.1, 0.15) is 5.60 Å². The largest absolute Gasteiger partial charge is 0.444 e. The van der Waals surface area contributed by atoms with Gasteiger partial charge in [0.15, 0.2) is 0 Å². The van der Waals surface area contributed by atoms with Gasteiger partial charge in [0, 0.05) is 13.1 Å². The predicted octanol–water partition coefficient (Wildman–Crippen LogP) is 0.545. The molecule has 1 heterocycles. The summed E-state index contributed by atoms with van der Waals surface area (Å²) in [6.07, 6.45) is -0.00566. The van der Waals surface area contributed by atoms with Crippen LogP contribution in [0.2, 0.25) is 0 Å². The highest BCUT2D eigenvalue weighted by Gasteiger charge is 2.36. The van der Waals surface area contributed by atoms with Crippen molar-refractivity contribution in [2.45, 2.75) is 38.0 Å². The van der Waals surface area contributed by atoms with E-state index in [9.17, 15) is 13.2 Å². The third-order valence-corrected chi connectivity index (χ3v) is 4.35. The molecule has 7 heteroatoms. The molecule has 0 saturated carbocycles. The van der Waals surface area contributed by atoms with E-state index in [2.05, 4.69) is 4.72 Å². The van der Waals surface area contributed by atoms with Crippen molar-refractivity contribution in [1.29, 1.82) is 0 Å². The van der Waals surface area contributed by atoms with Crippen molar-refractivity contribution in [2.75, 3.05) is 20.1 Å². The van der Waals surface area contributed by atoms with E-state index in [0.717, 1.165) is 0 Å². The molecule has 0 radical (unpaired) electrons. The van der Waals surface area contributed by atoms with Crippen LogP contribution in [0.25, 0.3) is 0 Å². The third-order valence-electron chi connectivity index (χ3n) is 2.52. The van der Waals surface area contributed by atoms with Gasteiger partial charge in [-0.05, 0) is 34.2 Å². The Labute approximate surface area is 102 Å². The molecule has 0 aromatic heterocycles. The number of ether oxygens (including phenoxy) is 1. The minimum atomic E-state index is -3.31. The first-order chi connectivity index (χ1) is 7.65. The second kappa shape index (κ2) is 4.81. The number of hydrogen-bond donors (Lipinski definition) is 1. The van der Waals surface area contributed by atoms with Gasteiger partial charge in [-0.2, -0.15) is 0 Å². The lowest BCUT2D eigenvalue weighted by Gasteiger charge is -2.24. The second-order valence-corrected chi connectivity index (χ2v) is 7.25. The van der Waals surface area contributed by atoms with Crippen LogP contribution in [0.5, 0.6) is 0 Å². The molecule has 0 aromatic rings. The van der Waals surface area contributed by atoms with Crippen molar-refractivity contribution in [1.82, 2.24) is 9.62 Å². The van der Waals surface area contributed by atoms with E-state index >= 15 is 0 Å². The van der Waals surface area contributed by atoms with Crippen molar-refractivity contribution in [3.8, 4) is 0 Å². The van der Waals surface area contributed by atoms with E-state index in [1.165, 1.54) is 11.9 Å². The van der Waals surface area contributed by atoms with Gasteiger partial charge < -0.3 is 9.64 Å². The number of carbonyl (C=O) groups is 1. The Morgan fingerprint density at radius 3 is 2.47 bits per heavy atom. The highest BCUT2D eigenvalue weighted by Crippen LogP contribution is 2.19. The van der Waals surface area contributed by atoms with Crippen LogP contribution in [0.3, 0.4) is 0 Å². The van der Waals surface area contributed by atoms with Crippen molar-refractivity contribution in [3.05, 3.63) is 0 Å². The molecule has 1 saturated heterocycles. The predicted molar refractivity (Wildman–Crippen MR) is 64.2 cm³/mol. The average Bonchev–Trinajstić information content (AvgIpc) is 2.64. The summed E-state index contributed by atoms with van der Waals surface area (Å²) in [6, 6.07) is 0. The number of sulfonamides is 1. The fraction of sp³-hybridized carbons (Fsp3) is 0.900. The lowest BCUT2D eigenvalue weighted by molar-refractivity contribution is 0.0295. The number of hydrogen-bond acceptors (Lipinski definition) is 4. The summed E-state index contributed by atoms with van der Waals surface area (Å²) in [4.78, 5) is 13.1. The molecule has 0 aromatic carbocycles. The van der Waals surface area contributed by atoms with Crippen molar-refractivity contribution >= 4 is 16.1 Å². The molecule has 1 atom stereocenters. The first-order valence-corrected chi connectivity index (χ1v) is 7.10. The number of nitrogens with zero attached hydrogens (tertiary/aromatic N) is 1. The molecule has 1 rings (SSSR count). The molecule has 0 spiro atoms. The summed E-state index contributed by atoms with van der Waals surface area (Å²) in [5.74, 6) is 0. The molecule has 6 nitrogen and oxygen atoms in total. The molecule has 1 aliphatic heterocycles. The van der Waals surface area contributed by atoms with E-state index in [4.69, 9.17) is 4.74 Å².